The second-order valence-corrected chi connectivity index (χ2v) is 7.91. The van der Waals surface area contributed by atoms with Crippen LogP contribution in [0.5, 0.6) is 5.75 Å². The molecule has 2 unspecified atom stereocenters. The third-order valence-corrected chi connectivity index (χ3v) is 5.45. The van der Waals surface area contributed by atoms with Gasteiger partial charge in [-0.25, -0.2) is 0 Å². The van der Waals surface area contributed by atoms with E-state index >= 15 is 0 Å². The molecule has 6 nitrogen and oxygen atoms in total. The van der Waals surface area contributed by atoms with E-state index < -0.39 is 0 Å². The fourth-order valence-electron chi connectivity index (χ4n) is 3.66. The van der Waals surface area contributed by atoms with Gasteiger partial charge in [-0.3, -0.25) is 9.59 Å². The lowest BCUT2D eigenvalue weighted by Crippen LogP contribution is -2.45. The molecular weight excluding hydrogens is 366 g/mol. The predicted octanol–water partition coefficient (Wildman–Crippen LogP) is 4.27. The van der Waals surface area contributed by atoms with Gasteiger partial charge in [0.1, 0.15) is 5.70 Å². The quantitative estimate of drug-likeness (QED) is 0.482. The SMILES string of the molecule is CCCCC1C(=O)C(Nc2cccc(C(=O)N(C)C)c2O)=C1NC(CC)CCC. The summed E-state index contributed by atoms with van der Waals surface area (Å²) >= 11 is 0. The zero-order valence-corrected chi connectivity index (χ0v) is 18.3. The molecule has 0 aliphatic heterocycles. The average molecular weight is 402 g/mol. The number of para-hydroxylation sites is 1. The third kappa shape index (κ3) is 5.11. The Labute approximate surface area is 174 Å². The normalized spacial score (nSPS) is 17.0. The van der Waals surface area contributed by atoms with E-state index in [2.05, 4.69) is 31.4 Å². The molecular formula is C23H35N3O3. The van der Waals surface area contributed by atoms with Crippen LogP contribution in [0.3, 0.4) is 0 Å². The van der Waals surface area contributed by atoms with Crippen LogP contribution in [0, 0.1) is 5.92 Å². The van der Waals surface area contributed by atoms with E-state index in [0.29, 0.717) is 17.4 Å². The molecule has 0 saturated carbocycles. The highest BCUT2D eigenvalue weighted by atomic mass is 16.3. The van der Waals surface area contributed by atoms with Gasteiger partial charge in [0, 0.05) is 25.8 Å². The van der Waals surface area contributed by atoms with E-state index in [1.54, 1.807) is 32.3 Å². The van der Waals surface area contributed by atoms with Crippen LogP contribution in [0.1, 0.15) is 69.7 Å². The smallest absolute Gasteiger partial charge is 0.257 e. The molecule has 3 N–H and O–H groups in total. The molecule has 1 aliphatic carbocycles. The first-order chi connectivity index (χ1) is 13.8. The van der Waals surface area contributed by atoms with Gasteiger partial charge in [0.15, 0.2) is 11.5 Å². The third-order valence-electron chi connectivity index (χ3n) is 5.45. The number of carbonyl (C=O) groups is 2. The molecule has 2 rings (SSSR count). The van der Waals surface area contributed by atoms with Gasteiger partial charge >= 0.3 is 0 Å². The van der Waals surface area contributed by atoms with Gasteiger partial charge in [0.2, 0.25) is 0 Å². The van der Waals surface area contributed by atoms with Gasteiger partial charge in [-0.1, -0.05) is 46.1 Å². The van der Waals surface area contributed by atoms with E-state index in [0.717, 1.165) is 44.2 Å². The summed E-state index contributed by atoms with van der Waals surface area (Å²) in [5, 5.41) is 17.3. The molecule has 2 atom stereocenters. The molecule has 0 fully saturated rings. The van der Waals surface area contributed by atoms with Crippen LogP contribution in [-0.2, 0) is 4.79 Å². The molecule has 160 valence electrons. The number of hydrogen-bond donors (Lipinski definition) is 3. The number of unbranched alkanes of at least 4 members (excludes halogenated alkanes) is 1. The van der Waals surface area contributed by atoms with E-state index in [-0.39, 0.29) is 28.9 Å². The molecule has 6 heteroatoms. The Bertz CT molecular complexity index is 771. The molecule has 1 aromatic carbocycles. The van der Waals surface area contributed by atoms with Crippen molar-refractivity contribution >= 4 is 17.4 Å². The highest BCUT2D eigenvalue weighted by Gasteiger charge is 2.40. The largest absolute Gasteiger partial charge is 0.505 e. The van der Waals surface area contributed by atoms with Gasteiger partial charge in [-0.15, -0.1) is 0 Å². The lowest BCUT2D eigenvalue weighted by molar-refractivity contribution is -0.120. The average Bonchev–Trinajstić information content (AvgIpc) is 2.71. The number of amides is 1. The Kier molecular flexibility index (Phi) is 8.11. The van der Waals surface area contributed by atoms with Gasteiger partial charge < -0.3 is 20.6 Å². The number of rotatable bonds is 11. The Morgan fingerprint density at radius 2 is 1.93 bits per heavy atom. The zero-order valence-electron chi connectivity index (χ0n) is 18.3. The highest BCUT2D eigenvalue weighted by Crippen LogP contribution is 2.37. The van der Waals surface area contributed by atoms with Gasteiger partial charge in [-0.2, -0.15) is 0 Å². The summed E-state index contributed by atoms with van der Waals surface area (Å²) in [7, 11) is 3.28. The van der Waals surface area contributed by atoms with Crippen LogP contribution >= 0.6 is 0 Å². The second-order valence-electron chi connectivity index (χ2n) is 7.91. The number of nitrogens with zero attached hydrogens (tertiary/aromatic N) is 1. The minimum Gasteiger partial charge on any atom is -0.505 e. The van der Waals surface area contributed by atoms with Crippen molar-refractivity contribution in [2.45, 2.75) is 65.3 Å². The summed E-state index contributed by atoms with van der Waals surface area (Å²) < 4.78 is 0. The molecule has 0 spiro atoms. The summed E-state index contributed by atoms with van der Waals surface area (Å²) in [6.45, 7) is 6.42. The van der Waals surface area contributed by atoms with Gasteiger partial charge in [0.25, 0.3) is 5.91 Å². The van der Waals surface area contributed by atoms with Gasteiger partial charge in [0.05, 0.1) is 17.2 Å². The number of hydrogen-bond acceptors (Lipinski definition) is 5. The van der Waals surface area contributed by atoms with E-state index in [4.69, 9.17) is 0 Å². The molecule has 0 saturated heterocycles. The van der Waals surface area contributed by atoms with Crippen LogP contribution < -0.4 is 10.6 Å². The molecule has 1 amide bonds. The number of phenols is 1. The van der Waals surface area contributed by atoms with Crippen molar-refractivity contribution in [3.63, 3.8) is 0 Å². The minimum absolute atomic E-state index is 0.0658. The maximum Gasteiger partial charge on any atom is 0.257 e. The fourth-order valence-corrected chi connectivity index (χ4v) is 3.66. The monoisotopic (exact) mass is 401 g/mol. The van der Waals surface area contributed by atoms with Crippen LogP contribution in [-0.4, -0.2) is 41.8 Å². The summed E-state index contributed by atoms with van der Waals surface area (Å²) in [4.78, 5) is 26.5. The number of Topliss-reactive ketones (excluding diaryl/α,β-unsaturated/α-hetero) is 1. The first-order valence-electron chi connectivity index (χ1n) is 10.7. The first-order valence-corrected chi connectivity index (χ1v) is 10.7. The van der Waals surface area contributed by atoms with Crippen LogP contribution in [0.4, 0.5) is 5.69 Å². The summed E-state index contributed by atoms with van der Waals surface area (Å²) in [5.41, 5.74) is 2.03. The number of allylic oxidation sites excluding steroid dienone is 2. The van der Waals surface area contributed by atoms with Crippen LogP contribution in [0.15, 0.2) is 29.6 Å². The van der Waals surface area contributed by atoms with Crippen molar-refractivity contribution in [2.75, 3.05) is 19.4 Å². The summed E-state index contributed by atoms with van der Waals surface area (Å²) in [6, 6.07) is 5.29. The maximum atomic E-state index is 12.8. The number of aromatic hydroxyl groups is 1. The van der Waals surface area contributed by atoms with Crippen molar-refractivity contribution < 1.29 is 14.7 Å². The van der Waals surface area contributed by atoms with Crippen molar-refractivity contribution in [2.24, 2.45) is 5.92 Å². The lowest BCUT2D eigenvalue weighted by Gasteiger charge is -2.36. The second kappa shape index (κ2) is 10.3. The molecule has 0 radical (unpaired) electrons. The van der Waals surface area contributed by atoms with E-state index in [1.807, 2.05) is 0 Å². The Morgan fingerprint density at radius 1 is 1.21 bits per heavy atom. The number of carbonyl (C=O) groups excluding carboxylic acids is 2. The summed E-state index contributed by atoms with van der Waals surface area (Å²) in [5.74, 6) is -0.468. The standard InChI is InChI=1S/C23H35N3O3/c1-6-9-12-16-19(24-15(8-3)11-7-2)20(22(16)28)25-18-14-10-13-17(21(18)27)23(29)26(4)5/h10,13-16,24-25,27H,6-9,11-12H2,1-5H3. The van der Waals surface area contributed by atoms with E-state index in [9.17, 15) is 14.7 Å². The number of phenolic OH excluding ortho intramolecular Hbond substituents is 1. The predicted molar refractivity (Wildman–Crippen MR) is 117 cm³/mol. The molecule has 0 heterocycles. The maximum absolute atomic E-state index is 12.8. The van der Waals surface area contributed by atoms with Crippen molar-refractivity contribution in [3.05, 3.63) is 35.2 Å². The first kappa shape index (κ1) is 22.8. The Balaban J connectivity index is 2.34. The molecule has 0 aromatic heterocycles. The number of nitrogens with one attached hydrogen (secondary N) is 2. The Hall–Kier alpha value is -2.50. The summed E-state index contributed by atoms with van der Waals surface area (Å²) in [6.07, 6.45) is 5.97. The molecule has 0 bridgehead atoms. The molecule has 1 aromatic rings. The number of anilines is 1. The topological polar surface area (TPSA) is 81.7 Å². The van der Waals surface area contributed by atoms with E-state index in [1.165, 1.54) is 4.90 Å². The van der Waals surface area contributed by atoms with Crippen LogP contribution in [0.2, 0.25) is 0 Å². The molecule has 1 aliphatic rings. The number of ketones is 1. The zero-order chi connectivity index (χ0) is 21.6. The number of benzene rings is 1. The highest BCUT2D eigenvalue weighted by molar-refractivity contribution is 6.09. The van der Waals surface area contributed by atoms with Crippen molar-refractivity contribution in [1.82, 2.24) is 10.2 Å². The Morgan fingerprint density at radius 3 is 2.52 bits per heavy atom. The lowest BCUT2D eigenvalue weighted by atomic mass is 9.80. The van der Waals surface area contributed by atoms with Crippen molar-refractivity contribution in [3.8, 4) is 5.75 Å². The van der Waals surface area contributed by atoms with Gasteiger partial charge in [-0.05, 0) is 31.4 Å². The molecule has 29 heavy (non-hydrogen) atoms. The van der Waals surface area contributed by atoms with Crippen molar-refractivity contribution in [1.29, 1.82) is 0 Å². The fraction of sp³-hybridized carbons (Fsp3) is 0.565. The van der Waals surface area contributed by atoms with Crippen LogP contribution in [0.25, 0.3) is 0 Å². The minimum atomic E-state index is -0.284.